The fraction of sp³-hybridized carbons (Fsp3) is 1.00. The van der Waals surface area contributed by atoms with Crippen molar-refractivity contribution < 1.29 is 0 Å². The SMILES string of the molecule is CC(C)CC1CN(C2CCN(C)CC2)C(C)CN1. The second-order valence-corrected chi connectivity index (χ2v) is 6.81. The Labute approximate surface area is 113 Å². The Hall–Kier alpha value is -0.120. The minimum Gasteiger partial charge on any atom is -0.311 e. The van der Waals surface area contributed by atoms with Crippen LogP contribution in [0.3, 0.4) is 0 Å². The van der Waals surface area contributed by atoms with Gasteiger partial charge in [0.1, 0.15) is 0 Å². The topological polar surface area (TPSA) is 18.5 Å². The van der Waals surface area contributed by atoms with Gasteiger partial charge in [-0.2, -0.15) is 0 Å². The summed E-state index contributed by atoms with van der Waals surface area (Å²) in [6.07, 6.45) is 4.03. The summed E-state index contributed by atoms with van der Waals surface area (Å²) in [4.78, 5) is 5.26. The molecule has 0 aliphatic carbocycles. The average molecular weight is 253 g/mol. The number of rotatable bonds is 3. The van der Waals surface area contributed by atoms with Crippen LogP contribution < -0.4 is 5.32 Å². The average Bonchev–Trinajstić information content (AvgIpc) is 2.32. The Balaban J connectivity index is 1.88. The van der Waals surface area contributed by atoms with Crippen LogP contribution >= 0.6 is 0 Å². The van der Waals surface area contributed by atoms with Crippen LogP contribution in [0.4, 0.5) is 0 Å². The molecule has 2 saturated heterocycles. The van der Waals surface area contributed by atoms with E-state index in [-0.39, 0.29) is 0 Å². The van der Waals surface area contributed by atoms with Crippen molar-refractivity contribution in [2.75, 3.05) is 33.2 Å². The first kappa shape index (κ1) is 14.3. The lowest BCUT2D eigenvalue weighted by Crippen LogP contribution is -2.60. The van der Waals surface area contributed by atoms with E-state index in [0.29, 0.717) is 12.1 Å². The zero-order chi connectivity index (χ0) is 13.1. The molecular formula is C15H31N3. The Morgan fingerprint density at radius 1 is 1.22 bits per heavy atom. The summed E-state index contributed by atoms with van der Waals surface area (Å²) in [5.74, 6) is 0.801. The number of piperidine rings is 1. The minimum atomic E-state index is 0.709. The number of hydrogen-bond acceptors (Lipinski definition) is 3. The second kappa shape index (κ2) is 6.36. The zero-order valence-corrected chi connectivity index (χ0v) is 12.7. The summed E-state index contributed by atoms with van der Waals surface area (Å²) in [6.45, 7) is 12.0. The molecule has 0 bridgehead atoms. The monoisotopic (exact) mass is 253 g/mol. The standard InChI is InChI=1S/C15H31N3/c1-12(2)9-14-11-18(13(3)10-16-14)15-5-7-17(4)8-6-15/h12-16H,5-11H2,1-4H3. The molecule has 2 fully saturated rings. The van der Waals surface area contributed by atoms with E-state index in [1.807, 2.05) is 0 Å². The predicted molar refractivity (Wildman–Crippen MR) is 77.9 cm³/mol. The molecule has 2 heterocycles. The predicted octanol–water partition coefficient (Wildman–Crippen LogP) is 1.79. The summed E-state index contributed by atoms with van der Waals surface area (Å²) in [6, 6.07) is 2.25. The summed E-state index contributed by atoms with van der Waals surface area (Å²) in [5, 5.41) is 3.73. The number of nitrogens with one attached hydrogen (secondary N) is 1. The van der Waals surface area contributed by atoms with Crippen LogP contribution in [0.2, 0.25) is 0 Å². The van der Waals surface area contributed by atoms with Gasteiger partial charge in [0.15, 0.2) is 0 Å². The summed E-state index contributed by atoms with van der Waals surface area (Å²) >= 11 is 0. The number of piperazine rings is 1. The fourth-order valence-corrected chi connectivity index (χ4v) is 3.52. The molecule has 18 heavy (non-hydrogen) atoms. The van der Waals surface area contributed by atoms with E-state index in [9.17, 15) is 0 Å². The fourth-order valence-electron chi connectivity index (χ4n) is 3.52. The van der Waals surface area contributed by atoms with Crippen LogP contribution in [0.15, 0.2) is 0 Å². The molecule has 2 aliphatic heterocycles. The lowest BCUT2D eigenvalue weighted by molar-refractivity contribution is 0.0507. The van der Waals surface area contributed by atoms with E-state index in [4.69, 9.17) is 0 Å². The zero-order valence-electron chi connectivity index (χ0n) is 12.7. The highest BCUT2D eigenvalue weighted by Gasteiger charge is 2.31. The molecule has 2 unspecified atom stereocenters. The molecule has 0 saturated carbocycles. The number of nitrogens with zero attached hydrogens (tertiary/aromatic N) is 2. The molecule has 0 aromatic carbocycles. The van der Waals surface area contributed by atoms with Crippen molar-refractivity contribution in [1.82, 2.24) is 15.1 Å². The first-order chi connectivity index (χ1) is 8.56. The molecule has 0 spiro atoms. The van der Waals surface area contributed by atoms with E-state index >= 15 is 0 Å². The smallest absolute Gasteiger partial charge is 0.0198 e. The normalized spacial score (nSPS) is 33.2. The van der Waals surface area contributed by atoms with Crippen molar-refractivity contribution in [2.24, 2.45) is 5.92 Å². The third-order valence-corrected chi connectivity index (χ3v) is 4.61. The van der Waals surface area contributed by atoms with Crippen LogP contribution in [-0.4, -0.2) is 61.2 Å². The van der Waals surface area contributed by atoms with Gasteiger partial charge in [0.2, 0.25) is 0 Å². The van der Waals surface area contributed by atoms with E-state index in [1.165, 1.54) is 45.4 Å². The number of likely N-dealkylation sites (tertiary alicyclic amines) is 1. The maximum atomic E-state index is 3.73. The molecule has 0 amide bonds. The summed E-state index contributed by atoms with van der Waals surface area (Å²) in [5.41, 5.74) is 0. The lowest BCUT2D eigenvalue weighted by atomic mass is 9.95. The Morgan fingerprint density at radius 2 is 1.89 bits per heavy atom. The van der Waals surface area contributed by atoms with Gasteiger partial charge in [-0.25, -0.2) is 0 Å². The molecule has 0 aromatic heterocycles. The van der Waals surface area contributed by atoms with Crippen LogP contribution in [0.1, 0.15) is 40.0 Å². The van der Waals surface area contributed by atoms with Crippen molar-refractivity contribution in [1.29, 1.82) is 0 Å². The molecule has 1 N–H and O–H groups in total. The molecule has 2 atom stereocenters. The Bertz CT molecular complexity index is 246. The summed E-state index contributed by atoms with van der Waals surface area (Å²) in [7, 11) is 2.25. The van der Waals surface area contributed by atoms with Crippen molar-refractivity contribution in [3.63, 3.8) is 0 Å². The molecule has 0 radical (unpaired) electrons. The third-order valence-electron chi connectivity index (χ3n) is 4.61. The Morgan fingerprint density at radius 3 is 2.50 bits per heavy atom. The molecule has 3 nitrogen and oxygen atoms in total. The maximum absolute atomic E-state index is 3.73. The molecular weight excluding hydrogens is 222 g/mol. The highest BCUT2D eigenvalue weighted by molar-refractivity contribution is 4.90. The molecule has 3 heteroatoms. The Kier molecular flexibility index (Phi) is 5.05. The van der Waals surface area contributed by atoms with Gasteiger partial charge in [-0.05, 0) is 52.2 Å². The van der Waals surface area contributed by atoms with Gasteiger partial charge in [-0.15, -0.1) is 0 Å². The minimum absolute atomic E-state index is 0.709. The van der Waals surface area contributed by atoms with Crippen molar-refractivity contribution in [3.8, 4) is 0 Å². The van der Waals surface area contributed by atoms with Gasteiger partial charge < -0.3 is 10.2 Å². The first-order valence-electron chi connectivity index (χ1n) is 7.74. The van der Waals surface area contributed by atoms with E-state index in [1.54, 1.807) is 0 Å². The van der Waals surface area contributed by atoms with Crippen molar-refractivity contribution in [2.45, 2.75) is 58.2 Å². The second-order valence-electron chi connectivity index (χ2n) is 6.81. The van der Waals surface area contributed by atoms with E-state index < -0.39 is 0 Å². The van der Waals surface area contributed by atoms with Crippen LogP contribution in [0, 0.1) is 5.92 Å². The van der Waals surface area contributed by atoms with Crippen LogP contribution in [-0.2, 0) is 0 Å². The first-order valence-corrected chi connectivity index (χ1v) is 7.74. The lowest BCUT2D eigenvalue weighted by Gasteiger charge is -2.46. The molecule has 0 aromatic rings. The third kappa shape index (κ3) is 3.69. The van der Waals surface area contributed by atoms with Gasteiger partial charge in [-0.1, -0.05) is 13.8 Å². The van der Waals surface area contributed by atoms with Crippen LogP contribution in [0.5, 0.6) is 0 Å². The van der Waals surface area contributed by atoms with Gasteiger partial charge in [0.05, 0.1) is 0 Å². The van der Waals surface area contributed by atoms with E-state index in [0.717, 1.165) is 12.0 Å². The van der Waals surface area contributed by atoms with Gasteiger partial charge in [-0.3, -0.25) is 4.90 Å². The summed E-state index contributed by atoms with van der Waals surface area (Å²) < 4.78 is 0. The quantitative estimate of drug-likeness (QED) is 0.827. The highest BCUT2D eigenvalue weighted by atomic mass is 15.3. The largest absolute Gasteiger partial charge is 0.311 e. The van der Waals surface area contributed by atoms with Gasteiger partial charge in [0.25, 0.3) is 0 Å². The molecule has 106 valence electrons. The highest BCUT2D eigenvalue weighted by Crippen LogP contribution is 2.22. The van der Waals surface area contributed by atoms with E-state index in [2.05, 4.69) is 42.9 Å². The molecule has 2 rings (SSSR count). The van der Waals surface area contributed by atoms with Crippen molar-refractivity contribution in [3.05, 3.63) is 0 Å². The van der Waals surface area contributed by atoms with Crippen LogP contribution in [0.25, 0.3) is 0 Å². The number of hydrogen-bond donors (Lipinski definition) is 1. The van der Waals surface area contributed by atoms with Crippen molar-refractivity contribution >= 4 is 0 Å². The van der Waals surface area contributed by atoms with Gasteiger partial charge >= 0.3 is 0 Å². The molecule has 2 aliphatic rings. The maximum Gasteiger partial charge on any atom is 0.0198 e. The van der Waals surface area contributed by atoms with Gasteiger partial charge in [0, 0.05) is 31.2 Å².